The van der Waals surface area contributed by atoms with E-state index in [9.17, 15) is 0 Å². The first kappa shape index (κ1) is 9.75. The van der Waals surface area contributed by atoms with Crippen molar-refractivity contribution in [2.24, 2.45) is 0 Å². The maximum Gasteiger partial charge on any atom is 0.0967 e. The second-order valence-electron chi connectivity index (χ2n) is 2.94. The van der Waals surface area contributed by atoms with Gasteiger partial charge in [-0.3, -0.25) is 9.58 Å². The molecule has 70 valence electrons. The summed E-state index contributed by atoms with van der Waals surface area (Å²) in [6.07, 6.45) is 7.12. The van der Waals surface area contributed by atoms with Gasteiger partial charge in [0.15, 0.2) is 0 Å². The third kappa shape index (κ3) is 2.88. The summed E-state index contributed by atoms with van der Waals surface area (Å²) >= 11 is 0. The fraction of sp³-hybridized carbons (Fsp3) is 0.556. The van der Waals surface area contributed by atoms with Crippen molar-refractivity contribution in [3.05, 3.63) is 11.9 Å². The van der Waals surface area contributed by atoms with E-state index < -0.39 is 0 Å². The van der Waals surface area contributed by atoms with Crippen LogP contribution in [0, 0.1) is 12.3 Å². The number of aromatic nitrogens is 3. The van der Waals surface area contributed by atoms with Crippen LogP contribution in [-0.4, -0.2) is 33.5 Å². The van der Waals surface area contributed by atoms with Crippen LogP contribution in [0.15, 0.2) is 6.20 Å². The zero-order chi connectivity index (χ0) is 9.68. The van der Waals surface area contributed by atoms with Gasteiger partial charge < -0.3 is 0 Å². The molecule has 0 N–H and O–H groups in total. The van der Waals surface area contributed by atoms with Crippen LogP contribution in [0.25, 0.3) is 0 Å². The lowest BCUT2D eigenvalue weighted by molar-refractivity contribution is 0.364. The van der Waals surface area contributed by atoms with Crippen LogP contribution >= 0.6 is 0 Å². The molecule has 4 heteroatoms. The molecule has 0 aliphatic heterocycles. The standard InChI is InChI=1S/C9H14N4/c1-4-6-12(3)7-9-8-13(5-2)11-10-9/h1,8H,5-7H2,2-3H3. The summed E-state index contributed by atoms with van der Waals surface area (Å²) in [4.78, 5) is 2.02. The van der Waals surface area contributed by atoms with Gasteiger partial charge in [-0.1, -0.05) is 11.1 Å². The van der Waals surface area contributed by atoms with Crippen molar-refractivity contribution in [1.29, 1.82) is 0 Å². The molecule has 0 amide bonds. The van der Waals surface area contributed by atoms with Crippen LogP contribution < -0.4 is 0 Å². The summed E-state index contributed by atoms with van der Waals surface area (Å²) in [5, 5.41) is 7.95. The highest BCUT2D eigenvalue weighted by molar-refractivity contribution is 4.94. The zero-order valence-corrected chi connectivity index (χ0v) is 8.06. The first-order valence-corrected chi connectivity index (χ1v) is 4.27. The van der Waals surface area contributed by atoms with Gasteiger partial charge in [0.25, 0.3) is 0 Å². The lowest BCUT2D eigenvalue weighted by atomic mass is 10.4. The molecule has 0 fully saturated rings. The first-order valence-electron chi connectivity index (χ1n) is 4.27. The first-order chi connectivity index (χ1) is 6.26. The predicted molar refractivity (Wildman–Crippen MR) is 50.9 cm³/mol. The van der Waals surface area contributed by atoms with Crippen LogP contribution in [0.3, 0.4) is 0 Å². The fourth-order valence-corrected chi connectivity index (χ4v) is 1.05. The summed E-state index contributed by atoms with van der Waals surface area (Å²) in [7, 11) is 1.96. The Bertz CT molecular complexity index is 297. The topological polar surface area (TPSA) is 34.0 Å². The lowest BCUT2D eigenvalue weighted by Gasteiger charge is -2.09. The highest BCUT2D eigenvalue weighted by Crippen LogP contribution is 1.97. The molecule has 1 aromatic heterocycles. The Morgan fingerprint density at radius 1 is 1.69 bits per heavy atom. The minimum atomic E-state index is 0.638. The van der Waals surface area contributed by atoms with Gasteiger partial charge in [-0.05, 0) is 14.0 Å². The minimum Gasteiger partial charge on any atom is -0.289 e. The average molecular weight is 178 g/mol. The molecule has 0 saturated carbocycles. The van der Waals surface area contributed by atoms with Crippen molar-refractivity contribution in [3.8, 4) is 12.3 Å². The number of hydrogen-bond acceptors (Lipinski definition) is 3. The highest BCUT2D eigenvalue weighted by Gasteiger charge is 2.02. The molecule has 0 bridgehead atoms. The summed E-state index contributed by atoms with van der Waals surface area (Å²) in [6, 6.07) is 0. The Balaban J connectivity index is 2.49. The molecule has 0 unspecified atom stereocenters. The van der Waals surface area contributed by atoms with Crippen LogP contribution in [-0.2, 0) is 13.1 Å². The smallest absolute Gasteiger partial charge is 0.0967 e. The van der Waals surface area contributed by atoms with Crippen molar-refractivity contribution in [1.82, 2.24) is 19.9 Å². The van der Waals surface area contributed by atoms with Gasteiger partial charge in [-0.2, -0.15) is 0 Å². The molecule has 0 radical (unpaired) electrons. The maximum atomic E-state index is 5.18. The molecule has 0 saturated heterocycles. The molecule has 1 rings (SSSR count). The molecule has 0 atom stereocenters. The molecule has 0 aliphatic rings. The third-order valence-corrected chi connectivity index (χ3v) is 1.70. The highest BCUT2D eigenvalue weighted by atomic mass is 15.4. The van der Waals surface area contributed by atoms with Crippen molar-refractivity contribution in [2.45, 2.75) is 20.0 Å². The zero-order valence-electron chi connectivity index (χ0n) is 8.06. The van der Waals surface area contributed by atoms with E-state index in [1.165, 1.54) is 0 Å². The van der Waals surface area contributed by atoms with E-state index in [4.69, 9.17) is 6.42 Å². The van der Waals surface area contributed by atoms with E-state index in [2.05, 4.69) is 16.2 Å². The van der Waals surface area contributed by atoms with Crippen LogP contribution in [0.4, 0.5) is 0 Å². The maximum absolute atomic E-state index is 5.18. The molecule has 13 heavy (non-hydrogen) atoms. The quantitative estimate of drug-likeness (QED) is 0.624. The molecule has 1 aromatic rings. The molecular weight excluding hydrogens is 164 g/mol. The van der Waals surface area contributed by atoms with Gasteiger partial charge in [-0.15, -0.1) is 11.5 Å². The molecular formula is C9H14N4. The summed E-state index contributed by atoms with van der Waals surface area (Å²) < 4.78 is 1.80. The van der Waals surface area contributed by atoms with E-state index in [-0.39, 0.29) is 0 Å². The SMILES string of the molecule is C#CCN(C)Cc1cn(CC)nn1. The molecule has 0 aromatic carbocycles. The van der Waals surface area contributed by atoms with Crippen LogP contribution in [0.5, 0.6) is 0 Å². The number of aryl methyl sites for hydroxylation is 1. The Kier molecular flexibility index (Phi) is 3.47. The molecule has 1 heterocycles. The second kappa shape index (κ2) is 4.63. The Hall–Kier alpha value is -1.34. The van der Waals surface area contributed by atoms with Crippen molar-refractivity contribution in [2.75, 3.05) is 13.6 Å². The van der Waals surface area contributed by atoms with Crippen LogP contribution in [0.2, 0.25) is 0 Å². The van der Waals surface area contributed by atoms with E-state index in [0.717, 1.165) is 18.8 Å². The van der Waals surface area contributed by atoms with Crippen molar-refractivity contribution < 1.29 is 0 Å². The summed E-state index contributed by atoms with van der Waals surface area (Å²) in [5.41, 5.74) is 0.958. The Labute approximate surface area is 78.5 Å². The molecule has 0 aliphatic carbocycles. The molecule has 0 spiro atoms. The van der Waals surface area contributed by atoms with Crippen LogP contribution in [0.1, 0.15) is 12.6 Å². The number of nitrogens with zero attached hydrogens (tertiary/aromatic N) is 4. The van der Waals surface area contributed by atoms with E-state index in [1.807, 2.05) is 25.1 Å². The third-order valence-electron chi connectivity index (χ3n) is 1.70. The van der Waals surface area contributed by atoms with Gasteiger partial charge in [-0.25, -0.2) is 0 Å². The van der Waals surface area contributed by atoms with Gasteiger partial charge in [0.1, 0.15) is 0 Å². The van der Waals surface area contributed by atoms with E-state index in [0.29, 0.717) is 6.54 Å². The average Bonchev–Trinajstić information content (AvgIpc) is 2.52. The second-order valence-corrected chi connectivity index (χ2v) is 2.94. The van der Waals surface area contributed by atoms with Gasteiger partial charge in [0.2, 0.25) is 0 Å². The normalized spacial score (nSPS) is 10.3. The van der Waals surface area contributed by atoms with Crippen molar-refractivity contribution >= 4 is 0 Å². The number of terminal acetylenes is 1. The van der Waals surface area contributed by atoms with Gasteiger partial charge >= 0.3 is 0 Å². The number of rotatable bonds is 4. The number of hydrogen-bond donors (Lipinski definition) is 0. The Morgan fingerprint density at radius 3 is 3.00 bits per heavy atom. The largest absolute Gasteiger partial charge is 0.289 e. The lowest BCUT2D eigenvalue weighted by Crippen LogP contribution is -2.17. The molecule has 4 nitrogen and oxygen atoms in total. The van der Waals surface area contributed by atoms with E-state index in [1.54, 1.807) is 4.68 Å². The van der Waals surface area contributed by atoms with Gasteiger partial charge in [0.05, 0.1) is 12.2 Å². The predicted octanol–water partition coefficient (Wildman–Crippen LogP) is 0.363. The van der Waals surface area contributed by atoms with E-state index >= 15 is 0 Å². The monoisotopic (exact) mass is 178 g/mol. The fourth-order valence-electron chi connectivity index (χ4n) is 1.05. The summed E-state index contributed by atoms with van der Waals surface area (Å²) in [5.74, 6) is 2.58. The van der Waals surface area contributed by atoms with Crippen molar-refractivity contribution in [3.63, 3.8) is 0 Å². The minimum absolute atomic E-state index is 0.638. The summed E-state index contributed by atoms with van der Waals surface area (Å²) in [6.45, 7) is 4.28. The van der Waals surface area contributed by atoms with Gasteiger partial charge in [0, 0.05) is 19.3 Å². The Morgan fingerprint density at radius 2 is 2.46 bits per heavy atom.